The van der Waals surface area contributed by atoms with Crippen molar-refractivity contribution in [1.29, 1.82) is 0 Å². The summed E-state index contributed by atoms with van der Waals surface area (Å²) < 4.78 is 11.7. The fraction of sp³-hybridized carbons (Fsp3) is 0.312. The fourth-order valence-electron chi connectivity index (χ4n) is 2.52. The molecule has 0 aliphatic carbocycles. The molecule has 9 nitrogen and oxygen atoms in total. The Kier molecular flexibility index (Phi) is 4.85. The van der Waals surface area contributed by atoms with E-state index in [1.165, 1.54) is 4.57 Å². The predicted octanol–water partition coefficient (Wildman–Crippen LogP) is 1.81. The average Bonchev–Trinajstić information content (AvgIpc) is 3.16. The second-order valence-electron chi connectivity index (χ2n) is 5.42. The number of aryl methyl sites for hydroxylation is 1. The molecule has 0 radical (unpaired) electrons. The summed E-state index contributed by atoms with van der Waals surface area (Å²) in [5, 5.41) is 12.3. The third kappa shape index (κ3) is 3.72. The normalized spacial score (nSPS) is 11.0. The number of oxazole rings is 1. The molecule has 0 fully saturated rings. The number of carbonyl (C=O) groups is 1. The minimum absolute atomic E-state index is 0.298. The summed E-state index contributed by atoms with van der Waals surface area (Å²) in [7, 11) is 1.59. The van der Waals surface area contributed by atoms with Gasteiger partial charge in [0.2, 0.25) is 0 Å². The molecular formula is C16H19N5O4. The van der Waals surface area contributed by atoms with Crippen LogP contribution in [0.4, 0.5) is 10.5 Å². The number of hydrogen-bond donors (Lipinski definition) is 3. The third-order valence-corrected chi connectivity index (χ3v) is 3.66. The van der Waals surface area contributed by atoms with Crippen LogP contribution in [0.1, 0.15) is 18.3 Å². The minimum Gasteiger partial charge on any atom is -0.408 e. The standard InChI is InChI=1S/C16H19N5O4/c1-3-21-13-5-4-10(7-14(13)25-16(21)23)18-15(22)17-8-11-6-12(9-24-2)20-19-11/h4-7H,3,8-9H2,1-2H3,(H,19,20)(H2,17,18,22). The number of fused-ring (bicyclic) bond motifs is 1. The van der Waals surface area contributed by atoms with Gasteiger partial charge in [0.25, 0.3) is 0 Å². The number of amides is 2. The van der Waals surface area contributed by atoms with Crippen molar-refractivity contribution >= 4 is 22.8 Å². The highest BCUT2D eigenvalue weighted by atomic mass is 16.5. The Morgan fingerprint density at radius 3 is 3.00 bits per heavy atom. The molecule has 0 aliphatic rings. The van der Waals surface area contributed by atoms with E-state index in [-0.39, 0.29) is 6.03 Å². The van der Waals surface area contributed by atoms with E-state index in [4.69, 9.17) is 9.15 Å². The molecule has 9 heteroatoms. The van der Waals surface area contributed by atoms with E-state index in [2.05, 4.69) is 20.8 Å². The summed E-state index contributed by atoms with van der Waals surface area (Å²) >= 11 is 0. The van der Waals surface area contributed by atoms with Crippen LogP contribution in [-0.2, 0) is 24.4 Å². The van der Waals surface area contributed by atoms with Gasteiger partial charge in [0, 0.05) is 25.4 Å². The summed E-state index contributed by atoms with van der Waals surface area (Å²) in [6.07, 6.45) is 0. The Balaban J connectivity index is 1.62. The molecular weight excluding hydrogens is 326 g/mol. The smallest absolute Gasteiger partial charge is 0.408 e. The number of methoxy groups -OCH3 is 1. The van der Waals surface area contributed by atoms with Crippen LogP contribution in [-0.4, -0.2) is 27.9 Å². The monoisotopic (exact) mass is 345 g/mol. The lowest BCUT2D eigenvalue weighted by Gasteiger charge is -2.06. The Labute approximate surface area is 143 Å². The average molecular weight is 345 g/mol. The molecule has 0 unspecified atom stereocenters. The van der Waals surface area contributed by atoms with E-state index < -0.39 is 5.76 Å². The summed E-state index contributed by atoms with van der Waals surface area (Å²) in [4.78, 5) is 23.7. The molecule has 0 spiro atoms. The number of ether oxygens (including phenoxy) is 1. The maximum Gasteiger partial charge on any atom is 0.419 e. The van der Waals surface area contributed by atoms with Crippen molar-refractivity contribution in [3.8, 4) is 0 Å². The summed E-state index contributed by atoms with van der Waals surface area (Å²) in [6.45, 7) is 3.09. The maximum absolute atomic E-state index is 12.0. The number of benzene rings is 1. The van der Waals surface area contributed by atoms with Gasteiger partial charge in [0.1, 0.15) is 0 Å². The summed E-state index contributed by atoms with van der Waals surface area (Å²) in [5.74, 6) is -0.412. The van der Waals surface area contributed by atoms with Crippen molar-refractivity contribution < 1.29 is 13.9 Å². The Hall–Kier alpha value is -3.07. The first kappa shape index (κ1) is 16.8. The molecule has 3 rings (SSSR count). The molecule has 0 atom stereocenters. The van der Waals surface area contributed by atoms with Crippen LogP contribution < -0.4 is 16.4 Å². The molecule has 0 saturated heterocycles. The topological polar surface area (TPSA) is 114 Å². The van der Waals surface area contributed by atoms with Crippen LogP contribution in [0.3, 0.4) is 0 Å². The van der Waals surface area contributed by atoms with Crippen molar-refractivity contribution in [2.24, 2.45) is 0 Å². The Morgan fingerprint density at radius 2 is 2.24 bits per heavy atom. The van der Waals surface area contributed by atoms with Crippen LogP contribution >= 0.6 is 0 Å². The lowest BCUT2D eigenvalue weighted by molar-refractivity contribution is 0.181. The first-order valence-electron chi connectivity index (χ1n) is 7.81. The Bertz CT molecular complexity index is 940. The molecule has 2 heterocycles. The van der Waals surface area contributed by atoms with Crippen LogP contribution in [0.5, 0.6) is 0 Å². The number of hydrogen-bond acceptors (Lipinski definition) is 5. The van der Waals surface area contributed by atoms with Gasteiger partial charge in [-0.2, -0.15) is 5.10 Å². The number of nitrogens with zero attached hydrogens (tertiary/aromatic N) is 2. The maximum atomic E-state index is 12.0. The molecule has 0 saturated carbocycles. The number of urea groups is 1. The van der Waals surface area contributed by atoms with Crippen molar-refractivity contribution in [3.05, 3.63) is 46.2 Å². The van der Waals surface area contributed by atoms with Gasteiger partial charge in [-0.3, -0.25) is 9.67 Å². The molecule has 0 aliphatic heterocycles. The SMILES string of the molecule is CCn1c(=O)oc2cc(NC(=O)NCc3cc(COC)n[nH]3)ccc21. The minimum atomic E-state index is -0.412. The number of carbonyl (C=O) groups excluding carboxylic acids is 1. The highest BCUT2D eigenvalue weighted by molar-refractivity contribution is 5.91. The van der Waals surface area contributed by atoms with E-state index in [1.54, 1.807) is 25.3 Å². The van der Waals surface area contributed by atoms with Gasteiger partial charge in [-0.25, -0.2) is 9.59 Å². The second kappa shape index (κ2) is 7.22. The number of rotatable bonds is 6. The largest absolute Gasteiger partial charge is 0.419 e. The van der Waals surface area contributed by atoms with Gasteiger partial charge in [0.15, 0.2) is 5.58 Å². The number of aromatic nitrogens is 3. The van der Waals surface area contributed by atoms with Crippen molar-refractivity contribution in [2.45, 2.75) is 26.6 Å². The zero-order valence-corrected chi connectivity index (χ0v) is 14.0. The van der Waals surface area contributed by atoms with E-state index in [0.717, 1.165) is 11.4 Å². The van der Waals surface area contributed by atoms with E-state index in [0.29, 0.717) is 36.5 Å². The molecule has 0 bridgehead atoms. The van der Waals surface area contributed by atoms with Gasteiger partial charge in [-0.15, -0.1) is 0 Å². The van der Waals surface area contributed by atoms with E-state index in [1.807, 2.05) is 13.0 Å². The highest BCUT2D eigenvalue weighted by Gasteiger charge is 2.10. The summed E-state index contributed by atoms with van der Waals surface area (Å²) in [6, 6.07) is 6.52. The van der Waals surface area contributed by atoms with Crippen molar-refractivity contribution in [3.63, 3.8) is 0 Å². The molecule has 1 aromatic carbocycles. The van der Waals surface area contributed by atoms with Crippen LogP contribution in [0.15, 0.2) is 33.5 Å². The number of anilines is 1. The first-order valence-corrected chi connectivity index (χ1v) is 7.81. The second-order valence-corrected chi connectivity index (χ2v) is 5.42. The van der Waals surface area contributed by atoms with Gasteiger partial charge in [0.05, 0.1) is 30.1 Å². The summed E-state index contributed by atoms with van der Waals surface area (Å²) in [5.41, 5.74) is 3.19. The lowest BCUT2D eigenvalue weighted by atomic mass is 10.3. The molecule has 3 aromatic rings. The third-order valence-electron chi connectivity index (χ3n) is 3.66. The van der Waals surface area contributed by atoms with Crippen molar-refractivity contribution in [1.82, 2.24) is 20.1 Å². The van der Waals surface area contributed by atoms with Crippen LogP contribution in [0.2, 0.25) is 0 Å². The number of aromatic amines is 1. The van der Waals surface area contributed by atoms with Gasteiger partial charge in [-0.1, -0.05) is 0 Å². The quantitative estimate of drug-likeness (QED) is 0.630. The molecule has 2 amide bonds. The molecule has 3 N–H and O–H groups in total. The van der Waals surface area contributed by atoms with Gasteiger partial charge >= 0.3 is 11.8 Å². The fourth-order valence-corrected chi connectivity index (χ4v) is 2.52. The van der Waals surface area contributed by atoms with Crippen molar-refractivity contribution in [2.75, 3.05) is 12.4 Å². The number of H-pyrrole nitrogens is 1. The first-order chi connectivity index (χ1) is 12.1. The van der Waals surface area contributed by atoms with Gasteiger partial charge in [-0.05, 0) is 25.1 Å². The molecule has 25 heavy (non-hydrogen) atoms. The van der Waals surface area contributed by atoms with E-state index in [9.17, 15) is 9.59 Å². The van der Waals surface area contributed by atoms with Gasteiger partial charge < -0.3 is 19.8 Å². The number of nitrogens with one attached hydrogen (secondary N) is 3. The van der Waals surface area contributed by atoms with Crippen LogP contribution in [0.25, 0.3) is 11.1 Å². The zero-order valence-electron chi connectivity index (χ0n) is 14.0. The zero-order chi connectivity index (χ0) is 17.8. The lowest BCUT2D eigenvalue weighted by Crippen LogP contribution is -2.28. The van der Waals surface area contributed by atoms with Crippen LogP contribution in [0, 0.1) is 0 Å². The molecule has 2 aromatic heterocycles. The highest BCUT2D eigenvalue weighted by Crippen LogP contribution is 2.18. The predicted molar refractivity (Wildman–Crippen MR) is 91.3 cm³/mol. The Morgan fingerprint density at radius 1 is 1.40 bits per heavy atom. The molecule has 132 valence electrons. The van der Waals surface area contributed by atoms with E-state index >= 15 is 0 Å².